The van der Waals surface area contributed by atoms with Gasteiger partial charge in [-0.2, -0.15) is 0 Å². The zero-order chi connectivity index (χ0) is 42.7. The van der Waals surface area contributed by atoms with Gasteiger partial charge in [0.2, 0.25) is 11.8 Å². The number of nitrogens with zero attached hydrogens (tertiary/aromatic N) is 4. The van der Waals surface area contributed by atoms with Gasteiger partial charge in [-0.3, -0.25) is 9.59 Å². The van der Waals surface area contributed by atoms with Crippen molar-refractivity contribution in [2.45, 2.75) is 115 Å². The smallest absolute Gasteiger partial charge is 0.407 e. The zero-order valence-corrected chi connectivity index (χ0v) is 35.4. The SMILES string of the molecule is COC(=O)N[C@H](C(=O)N1[C@@H]2C[C@@H]2C[C@H]1c1ncc(-c2ccc3cc(C#Cc4cnc([C@@H]5C[C@H]6C[C@H]6N5C(=O)[C@@H](NC(=O)OC)C5C[C@@H](C)O[C@@H](C)C5)[nH]4)ccc3c2)[nH]1)C(C)C. The Morgan fingerprint density at radius 2 is 1.36 bits per heavy atom. The van der Waals surface area contributed by atoms with Gasteiger partial charge in [-0.15, -0.1) is 0 Å². The number of aromatic nitrogens is 4. The number of rotatable bonds is 9. The minimum atomic E-state index is -0.717. The Morgan fingerprint density at radius 3 is 2.03 bits per heavy atom. The van der Waals surface area contributed by atoms with E-state index in [9.17, 15) is 19.2 Å². The number of hydrogen-bond acceptors (Lipinski definition) is 9. The summed E-state index contributed by atoms with van der Waals surface area (Å²) in [5.41, 5.74) is 3.34. The van der Waals surface area contributed by atoms with Crippen LogP contribution in [0.5, 0.6) is 0 Å². The van der Waals surface area contributed by atoms with E-state index in [4.69, 9.17) is 24.2 Å². The van der Waals surface area contributed by atoms with Crippen LogP contribution in [-0.4, -0.2) is 104 Å². The molecule has 0 spiro atoms. The van der Waals surface area contributed by atoms with E-state index in [1.54, 1.807) is 6.20 Å². The number of hydrogen-bond donors (Lipinski definition) is 4. The Morgan fingerprint density at radius 1 is 0.754 bits per heavy atom. The molecular weight excluding hydrogens is 777 g/mol. The molecule has 9 rings (SSSR count). The third-order valence-electron chi connectivity index (χ3n) is 13.4. The number of carbonyl (C=O) groups excluding carboxylic acids is 4. The molecule has 5 aliphatic rings. The van der Waals surface area contributed by atoms with Gasteiger partial charge in [-0.05, 0) is 111 Å². The fraction of sp³-hybridized carbons (Fsp3) is 0.522. The minimum absolute atomic E-state index is 0.0164. The van der Waals surface area contributed by atoms with Crippen LogP contribution in [0.25, 0.3) is 22.0 Å². The molecule has 1 unspecified atom stereocenters. The van der Waals surface area contributed by atoms with E-state index in [0.717, 1.165) is 59.1 Å². The maximum absolute atomic E-state index is 14.3. The lowest BCUT2D eigenvalue weighted by atomic mass is 9.85. The Kier molecular flexibility index (Phi) is 10.8. The predicted octanol–water partition coefficient (Wildman–Crippen LogP) is 5.99. The van der Waals surface area contributed by atoms with E-state index < -0.39 is 24.3 Å². The molecular formula is C46H54N8O7. The van der Waals surface area contributed by atoms with E-state index in [-0.39, 0.29) is 60.0 Å². The highest BCUT2D eigenvalue weighted by Gasteiger charge is 2.58. The number of carbonyl (C=O) groups is 4. The van der Waals surface area contributed by atoms with Gasteiger partial charge in [0.15, 0.2) is 0 Å². The third-order valence-corrected chi connectivity index (χ3v) is 13.4. The molecule has 0 radical (unpaired) electrons. The first-order valence-corrected chi connectivity index (χ1v) is 21.5. The normalized spacial score (nSPS) is 28.3. The number of nitrogens with one attached hydrogen (secondary N) is 4. The van der Waals surface area contributed by atoms with Gasteiger partial charge in [-0.25, -0.2) is 19.6 Å². The van der Waals surface area contributed by atoms with Crippen molar-refractivity contribution in [1.82, 2.24) is 40.4 Å². The average Bonchev–Trinajstić information content (AvgIpc) is 3.84. The molecule has 0 bridgehead atoms. The van der Waals surface area contributed by atoms with Crippen molar-refractivity contribution in [1.29, 1.82) is 0 Å². The summed E-state index contributed by atoms with van der Waals surface area (Å²) in [5.74, 6) is 8.42. The van der Waals surface area contributed by atoms with Crippen LogP contribution in [0.4, 0.5) is 9.59 Å². The van der Waals surface area contributed by atoms with Gasteiger partial charge in [0.1, 0.15) is 29.4 Å². The van der Waals surface area contributed by atoms with Crippen molar-refractivity contribution >= 4 is 34.8 Å². The molecule has 4 N–H and O–H groups in total. The fourth-order valence-electron chi connectivity index (χ4n) is 10.2. The highest BCUT2D eigenvalue weighted by molar-refractivity contribution is 5.89. The number of aromatic amines is 2. The van der Waals surface area contributed by atoms with Crippen molar-refractivity contribution < 1.29 is 33.4 Å². The number of fused-ring (bicyclic) bond motifs is 3. The van der Waals surface area contributed by atoms with Gasteiger partial charge in [0.05, 0.1) is 56.6 Å². The molecule has 320 valence electrons. The molecule has 5 heterocycles. The maximum atomic E-state index is 14.3. The first-order valence-electron chi connectivity index (χ1n) is 21.5. The first-order chi connectivity index (χ1) is 29.4. The fourth-order valence-corrected chi connectivity index (χ4v) is 10.2. The second-order valence-corrected chi connectivity index (χ2v) is 18.0. The van der Waals surface area contributed by atoms with Crippen molar-refractivity contribution in [2.24, 2.45) is 23.7 Å². The quantitative estimate of drug-likeness (QED) is 0.147. The van der Waals surface area contributed by atoms with Crippen LogP contribution in [0.2, 0.25) is 0 Å². The Bertz CT molecular complexity index is 2410. The summed E-state index contributed by atoms with van der Waals surface area (Å²) in [7, 11) is 2.61. The molecule has 2 saturated carbocycles. The van der Waals surface area contributed by atoms with Crippen LogP contribution < -0.4 is 10.6 Å². The number of piperidine rings is 2. The number of methoxy groups -OCH3 is 2. The topological polar surface area (TPSA) is 184 Å². The van der Waals surface area contributed by atoms with Crippen molar-refractivity contribution in [3.05, 3.63) is 71.7 Å². The molecule has 2 aliphatic carbocycles. The highest BCUT2D eigenvalue weighted by Crippen LogP contribution is 2.54. The van der Waals surface area contributed by atoms with Gasteiger partial charge in [0.25, 0.3) is 0 Å². The largest absolute Gasteiger partial charge is 0.453 e. The molecule has 4 aromatic rings. The molecule has 3 saturated heterocycles. The molecule has 3 aliphatic heterocycles. The first kappa shape index (κ1) is 40.5. The Balaban J connectivity index is 0.881. The molecule has 15 heteroatoms. The molecule has 2 aromatic carbocycles. The summed E-state index contributed by atoms with van der Waals surface area (Å²) in [5, 5.41) is 7.69. The Labute approximate surface area is 355 Å². The van der Waals surface area contributed by atoms with Crippen molar-refractivity contribution in [3.63, 3.8) is 0 Å². The lowest BCUT2D eigenvalue weighted by molar-refractivity contribution is -0.140. The number of likely N-dealkylation sites (tertiary alicyclic amines) is 2. The number of amides is 4. The lowest BCUT2D eigenvalue weighted by Crippen LogP contribution is -2.55. The molecule has 4 amide bonds. The number of alkyl carbamates (subject to hydrolysis) is 2. The van der Waals surface area contributed by atoms with Crippen LogP contribution >= 0.6 is 0 Å². The summed E-state index contributed by atoms with van der Waals surface area (Å²) >= 11 is 0. The van der Waals surface area contributed by atoms with Crippen LogP contribution in [-0.2, 0) is 23.8 Å². The van der Waals surface area contributed by atoms with Crippen molar-refractivity contribution in [3.8, 4) is 23.1 Å². The van der Waals surface area contributed by atoms with Gasteiger partial charge >= 0.3 is 12.2 Å². The maximum Gasteiger partial charge on any atom is 0.407 e. The second kappa shape index (κ2) is 16.2. The molecule has 5 fully saturated rings. The Hall–Kier alpha value is -5.88. The van der Waals surface area contributed by atoms with Gasteiger partial charge < -0.3 is 44.6 Å². The summed E-state index contributed by atoms with van der Waals surface area (Å²) < 4.78 is 15.7. The second-order valence-electron chi connectivity index (χ2n) is 18.0. The third kappa shape index (κ3) is 8.05. The lowest BCUT2D eigenvalue weighted by Gasteiger charge is -2.38. The monoisotopic (exact) mass is 830 g/mol. The van der Waals surface area contributed by atoms with E-state index in [1.807, 2.05) is 49.8 Å². The number of ether oxygens (including phenoxy) is 3. The molecule has 15 nitrogen and oxygen atoms in total. The number of benzene rings is 2. The minimum Gasteiger partial charge on any atom is -0.453 e. The van der Waals surface area contributed by atoms with E-state index in [2.05, 4.69) is 62.8 Å². The summed E-state index contributed by atoms with van der Waals surface area (Å²) in [6, 6.07) is 10.8. The van der Waals surface area contributed by atoms with Crippen molar-refractivity contribution in [2.75, 3.05) is 14.2 Å². The zero-order valence-electron chi connectivity index (χ0n) is 35.4. The number of H-pyrrole nitrogens is 2. The van der Waals surface area contributed by atoms with Crippen LogP contribution in [0, 0.1) is 35.5 Å². The van der Waals surface area contributed by atoms with Gasteiger partial charge in [0, 0.05) is 23.2 Å². The van der Waals surface area contributed by atoms with E-state index in [0.29, 0.717) is 36.2 Å². The highest BCUT2D eigenvalue weighted by atomic mass is 16.5. The van der Waals surface area contributed by atoms with Crippen LogP contribution in [0.1, 0.15) is 101 Å². The molecule has 11 atom stereocenters. The molecule has 2 aromatic heterocycles. The van der Waals surface area contributed by atoms with Crippen LogP contribution in [0.3, 0.4) is 0 Å². The standard InChI is InChI=1S/C46H54N8O7/c1-23(2)39(51-45(57)59-5)43(55)53-35-17-31(35)20-38(53)42-48-22-34(50-42)29-11-10-27-15-26(7-9-28(27)16-29)8-12-33-21-47-41(49-33)37-19-30-18-36(30)54(37)44(56)40(52-46(58)60-6)32-13-24(3)61-25(4)14-32/h7,9-11,15-16,21-25,30-32,35-40H,13-14,17-20H2,1-6H3,(H,47,49)(H,48,50)(H,51,57)(H,52,58)/t24-,25+,30-,31-,32?,35-,36-,37+,38+,39+,40+/m1/s1. The molecule has 61 heavy (non-hydrogen) atoms. The average molecular weight is 831 g/mol. The summed E-state index contributed by atoms with van der Waals surface area (Å²) in [6.45, 7) is 7.85. The van der Waals surface area contributed by atoms with E-state index >= 15 is 0 Å². The summed E-state index contributed by atoms with van der Waals surface area (Å²) in [6.07, 6.45) is 7.18. The number of imidazole rings is 2. The van der Waals surface area contributed by atoms with Gasteiger partial charge in [-0.1, -0.05) is 38.0 Å². The predicted molar refractivity (Wildman–Crippen MR) is 225 cm³/mol. The van der Waals surface area contributed by atoms with E-state index in [1.165, 1.54) is 14.2 Å². The summed E-state index contributed by atoms with van der Waals surface area (Å²) in [4.78, 5) is 72.9. The van der Waals surface area contributed by atoms with Crippen LogP contribution in [0.15, 0.2) is 48.8 Å².